The molecule has 8 heteroatoms. The van der Waals surface area contributed by atoms with Gasteiger partial charge in [-0.3, -0.25) is 4.79 Å². The Balaban J connectivity index is 2.22. The number of pyridine rings is 1. The topological polar surface area (TPSA) is 107 Å². The smallest absolute Gasteiger partial charge is 0.329 e. The molecular formula is C12H14N5O3+. The summed E-state index contributed by atoms with van der Waals surface area (Å²) in [6.07, 6.45) is 4.67. The molecule has 0 unspecified atom stereocenters. The maximum absolute atomic E-state index is 12.2. The summed E-state index contributed by atoms with van der Waals surface area (Å²) in [4.78, 5) is 20.6. The van der Waals surface area contributed by atoms with Crippen molar-refractivity contribution >= 4 is 17.6 Å². The van der Waals surface area contributed by atoms with Gasteiger partial charge in [-0.05, 0) is 13.0 Å². The summed E-state index contributed by atoms with van der Waals surface area (Å²) in [5, 5.41) is 3.64. The molecule has 0 radical (unpaired) electrons. The molecule has 2 heterocycles. The van der Waals surface area contributed by atoms with Gasteiger partial charge in [0.2, 0.25) is 11.9 Å². The highest BCUT2D eigenvalue weighted by Gasteiger charge is 2.22. The lowest BCUT2D eigenvalue weighted by molar-refractivity contribution is -0.642. The molecule has 0 atom stereocenters. The number of amides is 1. The van der Waals surface area contributed by atoms with Gasteiger partial charge in [-0.25, -0.2) is 0 Å². The predicted molar refractivity (Wildman–Crippen MR) is 70.2 cm³/mol. The van der Waals surface area contributed by atoms with Crippen molar-refractivity contribution in [1.82, 2.24) is 4.98 Å². The fraction of sp³-hybridized carbons (Fsp3) is 0.167. The van der Waals surface area contributed by atoms with E-state index < -0.39 is 5.91 Å². The molecule has 8 nitrogen and oxygen atoms in total. The van der Waals surface area contributed by atoms with Crippen LogP contribution in [0.5, 0.6) is 0 Å². The lowest BCUT2D eigenvalue weighted by Gasteiger charge is -2.01. The van der Waals surface area contributed by atoms with Crippen LogP contribution in [0.4, 0.5) is 6.01 Å². The molecule has 0 aromatic carbocycles. The van der Waals surface area contributed by atoms with Crippen LogP contribution < -0.4 is 15.8 Å². The summed E-state index contributed by atoms with van der Waals surface area (Å²) in [6.45, 7) is 1.91. The Labute approximate surface area is 114 Å². The van der Waals surface area contributed by atoms with E-state index in [4.69, 9.17) is 10.2 Å². The zero-order chi connectivity index (χ0) is 14.5. The number of nitrogens with two attached hydrogens (primary N) is 1. The Kier molecular flexibility index (Phi) is 3.94. The number of carbonyl (C=O) groups excluding carboxylic acids is 1. The fourth-order valence-electron chi connectivity index (χ4n) is 1.52. The summed E-state index contributed by atoms with van der Waals surface area (Å²) in [6, 6.07) is 3.65. The molecule has 1 amide bonds. The number of oxazole rings is 1. The van der Waals surface area contributed by atoms with E-state index in [0.717, 1.165) is 5.56 Å². The van der Waals surface area contributed by atoms with Gasteiger partial charge in [0.05, 0.1) is 0 Å². The molecule has 0 spiro atoms. The Morgan fingerprint density at radius 1 is 1.60 bits per heavy atom. The van der Waals surface area contributed by atoms with Crippen LogP contribution in [0, 0.1) is 6.92 Å². The van der Waals surface area contributed by atoms with Crippen molar-refractivity contribution in [3.05, 3.63) is 42.0 Å². The second kappa shape index (κ2) is 5.83. The molecule has 0 saturated carbocycles. The molecule has 0 aliphatic rings. The highest BCUT2D eigenvalue weighted by atomic mass is 16.6. The molecule has 2 aromatic rings. The Morgan fingerprint density at radius 3 is 3.00 bits per heavy atom. The lowest BCUT2D eigenvalue weighted by atomic mass is 10.3. The average molecular weight is 276 g/mol. The SMILES string of the molecule is CON=C(C(=O)N[n+]1cccc(C)c1)c1coc(N)n1. The second-order valence-corrected chi connectivity index (χ2v) is 3.92. The van der Waals surface area contributed by atoms with Crippen LogP contribution in [0.1, 0.15) is 11.3 Å². The van der Waals surface area contributed by atoms with Gasteiger partial charge in [-0.15, -0.1) is 5.43 Å². The summed E-state index contributed by atoms with van der Waals surface area (Å²) in [7, 11) is 1.33. The monoisotopic (exact) mass is 276 g/mol. The van der Waals surface area contributed by atoms with E-state index in [-0.39, 0.29) is 17.4 Å². The number of hydrogen-bond acceptors (Lipinski definition) is 6. The second-order valence-electron chi connectivity index (χ2n) is 3.92. The van der Waals surface area contributed by atoms with Crippen molar-refractivity contribution in [3.8, 4) is 0 Å². The first-order valence-corrected chi connectivity index (χ1v) is 5.72. The zero-order valence-electron chi connectivity index (χ0n) is 11.0. The van der Waals surface area contributed by atoms with Crippen molar-refractivity contribution in [1.29, 1.82) is 0 Å². The van der Waals surface area contributed by atoms with Gasteiger partial charge in [-0.1, -0.05) is 9.83 Å². The fourth-order valence-corrected chi connectivity index (χ4v) is 1.52. The Morgan fingerprint density at radius 2 is 2.40 bits per heavy atom. The normalized spacial score (nSPS) is 11.2. The van der Waals surface area contributed by atoms with Gasteiger partial charge in [0, 0.05) is 11.6 Å². The average Bonchev–Trinajstić information content (AvgIpc) is 2.82. The Bertz CT molecular complexity index is 650. The number of rotatable bonds is 4. The van der Waals surface area contributed by atoms with Gasteiger partial charge >= 0.3 is 5.91 Å². The minimum atomic E-state index is -0.504. The van der Waals surface area contributed by atoms with E-state index in [0.29, 0.717) is 0 Å². The van der Waals surface area contributed by atoms with E-state index in [9.17, 15) is 4.79 Å². The molecule has 2 aromatic heterocycles. The number of aromatic nitrogens is 2. The number of hydrogen-bond donors (Lipinski definition) is 2. The molecule has 2 rings (SSSR count). The van der Waals surface area contributed by atoms with Crippen LogP contribution in [0.2, 0.25) is 0 Å². The van der Waals surface area contributed by atoms with Crippen LogP contribution in [0.15, 0.2) is 40.4 Å². The van der Waals surface area contributed by atoms with Crippen molar-refractivity contribution in [3.63, 3.8) is 0 Å². The van der Waals surface area contributed by atoms with E-state index >= 15 is 0 Å². The quantitative estimate of drug-likeness (QED) is 0.463. The molecule has 0 aliphatic carbocycles. The number of oxime groups is 1. The molecule has 0 aliphatic heterocycles. The zero-order valence-corrected chi connectivity index (χ0v) is 11.0. The lowest BCUT2D eigenvalue weighted by Crippen LogP contribution is -2.50. The number of aryl methyl sites for hydroxylation is 1. The van der Waals surface area contributed by atoms with Gasteiger partial charge in [0.25, 0.3) is 6.01 Å². The minimum absolute atomic E-state index is 0.0399. The summed E-state index contributed by atoms with van der Waals surface area (Å²) in [5.41, 5.74) is 9.13. The van der Waals surface area contributed by atoms with E-state index in [2.05, 4.69) is 20.4 Å². The standard InChI is InChI=1S/C12H13N5O3/c1-8-4-3-5-17(6-8)15-11(18)10(16-19-2)9-7-20-12(13)14-9/h3-7H,1-2H3,(H2-,13,14,15,18)/p+1. The number of nitrogen functional groups attached to an aromatic ring is 1. The van der Waals surface area contributed by atoms with E-state index in [1.807, 2.05) is 13.0 Å². The molecular weight excluding hydrogens is 262 g/mol. The number of nitrogens with one attached hydrogen (secondary N) is 1. The third-order valence-electron chi connectivity index (χ3n) is 2.34. The first-order valence-electron chi connectivity index (χ1n) is 5.72. The maximum Gasteiger partial charge on any atom is 0.329 e. The van der Waals surface area contributed by atoms with Crippen molar-refractivity contribution < 1.29 is 18.7 Å². The summed E-state index contributed by atoms with van der Waals surface area (Å²) in [5.74, 6) is -0.504. The van der Waals surface area contributed by atoms with Gasteiger partial charge in [-0.2, -0.15) is 4.98 Å². The van der Waals surface area contributed by atoms with Crippen molar-refractivity contribution in [2.75, 3.05) is 18.3 Å². The van der Waals surface area contributed by atoms with Crippen LogP contribution in [0.25, 0.3) is 0 Å². The number of carbonyl (C=O) groups is 1. The number of anilines is 1. The van der Waals surface area contributed by atoms with Crippen LogP contribution in [-0.2, 0) is 9.63 Å². The third kappa shape index (κ3) is 3.10. The predicted octanol–water partition coefficient (Wildman–Crippen LogP) is -0.0265. The molecule has 20 heavy (non-hydrogen) atoms. The van der Waals surface area contributed by atoms with Crippen molar-refractivity contribution in [2.45, 2.75) is 6.92 Å². The molecule has 104 valence electrons. The van der Waals surface area contributed by atoms with Gasteiger partial charge in [0.15, 0.2) is 6.20 Å². The first-order chi connectivity index (χ1) is 9.60. The third-order valence-corrected chi connectivity index (χ3v) is 2.34. The first kappa shape index (κ1) is 13.5. The minimum Gasteiger partial charge on any atom is -0.432 e. The maximum atomic E-state index is 12.2. The van der Waals surface area contributed by atoms with Gasteiger partial charge in [0.1, 0.15) is 19.1 Å². The summed E-state index contributed by atoms with van der Waals surface area (Å²) >= 11 is 0. The molecule has 0 saturated heterocycles. The molecule has 0 bridgehead atoms. The van der Waals surface area contributed by atoms with Gasteiger partial charge < -0.3 is 15.0 Å². The van der Waals surface area contributed by atoms with E-state index in [1.54, 1.807) is 18.5 Å². The van der Waals surface area contributed by atoms with Crippen LogP contribution >= 0.6 is 0 Å². The number of nitrogens with zero attached hydrogens (tertiary/aromatic N) is 3. The molecule has 3 N–H and O–H groups in total. The van der Waals surface area contributed by atoms with Crippen LogP contribution in [0.3, 0.4) is 0 Å². The van der Waals surface area contributed by atoms with Crippen molar-refractivity contribution in [2.24, 2.45) is 5.16 Å². The largest absolute Gasteiger partial charge is 0.432 e. The summed E-state index contributed by atoms with van der Waals surface area (Å²) < 4.78 is 6.36. The Hall–Kier alpha value is -2.90. The molecule has 0 fully saturated rings. The van der Waals surface area contributed by atoms with E-state index in [1.165, 1.54) is 18.0 Å². The highest BCUT2D eigenvalue weighted by Crippen LogP contribution is 2.05. The van der Waals surface area contributed by atoms with Crippen LogP contribution in [-0.4, -0.2) is 23.7 Å². The highest BCUT2D eigenvalue weighted by molar-refractivity contribution is 6.46.